The fourth-order valence-electron chi connectivity index (χ4n) is 3.35. The maximum Gasteiger partial charge on any atom is 0.0442 e. The Balaban J connectivity index is 0.000000280. The molecule has 2 heteroatoms. The molecule has 0 aromatic carbocycles. The van der Waals surface area contributed by atoms with Crippen molar-refractivity contribution in [2.24, 2.45) is 17.8 Å². The van der Waals surface area contributed by atoms with Crippen LogP contribution in [0.2, 0.25) is 51.9 Å². The first-order chi connectivity index (χ1) is 8.04. The van der Waals surface area contributed by atoms with Gasteiger partial charge in [-0.1, -0.05) is 64.7 Å². The van der Waals surface area contributed by atoms with Crippen molar-refractivity contribution in [3.05, 3.63) is 0 Å². The first-order valence-electron chi connectivity index (χ1n) is 8.04. The summed E-state index contributed by atoms with van der Waals surface area (Å²) in [6, 6.07) is 1.57. The van der Waals surface area contributed by atoms with E-state index in [9.17, 15) is 0 Å². The smallest absolute Gasteiger partial charge is 0.0442 e. The summed E-state index contributed by atoms with van der Waals surface area (Å²) in [5.74, 6) is 3.45. The second kappa shape index (κ2) is 6.26. The number of hydrogen-bond donors (Lipinski definition) is 0. The molecule has 2 bridgehead atoms. The van der Waals surface area contributed by atoms with Crippen LogP contribution in [0.15, 0.2) is 0 Å². The van der Waals surface area contributed by atoms with Crippen LogP contribution in [0.4, 0.5) is 0 Å². The van der Waals surface area contributed by atoms with Gasteiger partial charge in [-0.05, 0) is 37.0 Å². The summed E-state index contributed by atoms with van der Waals surface area (Å²) in [5.41, 5.74) is 0. The lowest BCUT2D eigenvalue weighted by molar-refractivity contribution is 0.323. The quantitative estimate of drug-likeness (QED) is 0.549. The van der Waals surface area contributed by atoms with E-state index in [1.165, 1.54) is 0 Å². The number of rotatable bonds is 3. The molecule has 2 fully saturated rings. The Morgan fingerprint density at radius 3 is 1.72 bits per heavy atom. The van der Waals surface area contributed by atoms with E-state index in [1.807, 2.05) is 0 Å². The summed E-state index contributed by atoms with van der Waals surface area (Å²) in [5, 5.41) is 0. The van der Waals surface area contributed by atoms with E-state index in [0.29, 0.717) is 0 Å². The van der Waals surface area contributed by atoms with Gasteiger partial charge in [-0.2, -0.15) is 0 Å². The molecule has 0 N–H and O–H groups in total. The molecule has 2 aliphatic rings. The summed E-state index contributed by atoms with van der Waals surface area (Å²) < 4.78 is 0. The van der Waals surface area contributed by atoms with Crippen LogP contribution in [0.25, 0.3) is 0 Å². The van der Waals surface area contributed by atoms with Gasteiger partial charge in [-0.3, -0.25) is 0 Å². The van der Waals surface area contributed by atoms with Crippen molar-refractivity contribution in [1.29, 1.82) is 0 Å². The van der Waals surface area contributed by atoms with E-state index in [1.54, 1.807) is 38.1 Å². The van der Waals surface area contributed by atoms with Crippen LogP contribution < -0.4 is 0 Å². The SMILES string of the molecule is C[Si](C)(C)C.C[Si](C)(C)CCC1CC2CCC1C2. The Labute approximate surface area is 118 Å². The Morgan fingerprint density at radius 1 is 0.833 bits per heavy atom. The highest BCUT2D eigenvalue weighted by atomic mass is 28.3. The molecular weight excluding hydrogens is 248 g/mol. The molecule has 0 amide bonds. The average molecular weight is 285 g/mol. The molecule has 0 radical (unpaired) electrons. The van der Waals surface area contributed by atoms with Crippen molar-refractivity contribution in [2.45, 2.75) is 84.0 Å². The third-order valence-electron chi connectivity index (χ3n) is 4.15. The minimum Gasteiger partial charge on any atom is -0.0697 e. The van der Waals surface area contributed by atoms with Crippen LogP contribution in [-0.2, 0) is 0 Å². The zero-order valence-corrected chi connectivity index (χ0v) is 16.0. The van der Waals surface area contributed by atoms with Crippen molar-refractivity contribution in [3.8, 4) is 0 Å². The highest BCUT2D eigenvalue weighted by Gasteiger charge is 2.39. The van der Waals surface area contributed by atoms with Gasteiger partial charge in [0.25, 0.3) is 0 Å². The second-order valence-electron chi connectivity index (χ2n) is 9.53. The first kappa shape index (κ1) is 16.5. The molecular formula is C16H36Si2. The van der Waals surface area contributed by atoms with E-state index in [2.05, 4.69) is 45.8 Å². The van der Waals surface area contributed by atoms with Gasteiger partial charge in [-0.25, -0.2) is 0 Å². The minimum absolute atomic E-state index is 0.611. The number of fused-ring (bicyclic) bond motifs is 2. The Kier molecular flexibility index (Phi) is 5.73. The van der Waals surface area contributed by atoms with Crippen LogP contribution >= 0.6 is 0 Å². The molecule has 3 unspecified atom stereocenters. The summed E-state index contributed by atoms with van der Waals surface area (Å²) in [7, 11) is -1.36. The van der Waals surface area contributed by atoms with Gasteiger partial charge in [0.05, 0.1) is 0 Å². The largest absolute Gasteiger partial charge is 0.0697 e. The van der Waals surface area contributed by atoms with Gasteiger partial charge in [-0.15, -0.1) is 0 Å². The fraction of sp³-hybridized carbons (Fsp3) is 1.00. The standard InChI is InChI=1S/C12H24Si.C4H12Si/c1-13(2,3)7-6-12-9-10-4-5-11(12)8-10;1-5(2,3)4/h10-12H,4-9H2,1-3H3;1-4H3. The predicted octanol–water partition coefficient (Wildman–Crippen LogP) is 6.11. The molecule has 108 valence electrons. The van der Waals surface area contributed by atoms with E-state index >= 15 is 0 Å². The maximum atomic E-state index is 2.51. The van der Waals surface area contributed by atoms with Gasteiger partial charge < -0.3 is 0 Å². The lowest BCUT2D eigenvalue weighted by Gasteiger charge is -2.25. The van der Waals surface area contributed by atoms with E-state index in [4.69, 9.17) is 0 Å². The van der Waals surface area contributed by atoms with Crippen molar-refractivity contribution in [2.75, 3.05) is 0 Å². The fourth-order valence-corrected chi connectivity index (χ4v) is 4.59. The topological polar surface area (TPSA) is 0 Å². The summed E-state index contributed by atoms with van der Waals surface area (Å²) in [6.07, 6.45) is 7.89. The Hall–Kier alpha value is 0.434. The molecule has 0 aromatic heterocycles. The Morgan fingerprint density at radius 2 is 1.39 bits per heavy atom. The monoisotopic (exact) mass is 284 g/mol. The normalized spacial score (nSPS) is 31.2. The third-order valence-corrected chi connectivity index (χ3v) is 5.94. The number of hydrogen-bond acceptors (Lipinski definition) is 0. The summed E-state index contributed by atoms with van der Waals surface area (Å²) in [6.45, 7) is 16.8. The minimum atomic E-state index is -0.752. The molecule has 0 saturated heterocycles. The van der Waals surface area contributed by atoms with E-state index in [-0.39, 0.29) is 0 Å². The van der Waals surface area contributed by atoms with E-state index < -0.39 is 16.1 Å². The van der Waals surface area contributed by atoms with Crippen molar-refractivity contribution < 1.29 is 0 Å². The van der Waals surface area contributed by atoms with Crippen LogP contribution in [0.5, 0.6) is 0 Å². The van der Waals surface area contributed by atoms with Crippen molar-refractivity contribution >= 4 is 16.1 Å². The van der Waals surface area contributed by atoms with Gasteiger partial charge in [0.15, 0.2) is 0 Å². The lowest BCUT2D eigenvalue weighted by atomic mass is 9.87. The predicted molar refractivity (Wildman–Crippen MR) is 90.9 cm³/mol. The van der Waals surface area contributed by atoms with Crippen LogP contribution in [0, 0.1) is 17.8 Å². The maximum absolute atomic E-state index is 2.51. The van der Waals surface area contributed by atoms with Gasteiger partial charge in [0.1, 0.15) is 0 Å². The Bertz CT molecular complexity index is 241. The van der Waals surface area contributed by atoms with Gasteiger partial charge in [0.2, 0.25) is 0 Å². The zero-order chi connectivity index (χ0) is 14.0. The molecule has 0 aliphatic heterocycles. The molecule has 2 saturated carbocycles. The lowest BCUT2D eigenvalue weighted by Crippen LogP contribution is -2.22. The molecule has 0 nitrogen and oxygen atoms in total. The van der Waals surface area contributed by atoms with E-state index in [0.717, 1.165) is 17.8 Å². The third kappa shape index (κ3) is 7.13. The van der Waals surface area contributed by atoms with Crippen molar-refractivity contribution in [3.63, 3.8) is 0 Å². The average Bonchev–Trinajstić information content (AvgIpc) is 2.71. The molecule has 18 heavy (non-hydrogen) atoms. The highest BCUT2D eigenvalue weighted by Crippen LogP contribution is 2.50. The van der Waals surface area contributed by atoms with Crippen LogP contribution in [0.3, 0.4) is 0 Å². The highest BCUT2D eigenvalue weighted by molar-refractivity contribution is 6.76. The molecule has 0 heterocycles. The molecule has 2 aliphatic carbocycles. The zero-order valence-electron chi connectivity index (χ0n) is 14.0. The molecule has 0 aromatic rings. The molecule has 3 atom stereocenters. The molecule has 0 spiro atoms. The molecule has 2 rings (SSSR count). The van der Waals surface area contributed by atoms with Gasteiger partial charge >= 0.3 is 0 Å². The van der Waals surface area contributed by atoms with Crippen LogP contribution in [-0.4, -0.2) is 16.1 Å². The van der Waals surface area contributed by atoms with Crippen molar-refractivity contribution in [1.82, 2.24) is 0 Å². The summed E-state index contributed by atoms with van der Waals surface area (Å²) >= 11 is 0. The summed E-state index contributed by atoms with van der Waals surface area (Å²) in [4.78, 5) is 0. The van der Waals surface area contributed by atoms with Gasteiger partial charge in [0, 0.05) is 16.1 Å². The van der Waals surface area contributed by atoms with Crippen LogP contribution in [0.1, 0.15) is 32.1 Å². The first-order valence-corrected chi connectivity index (χ1v) is 15.8. The second-order valence-corrected chi connectivity index (χ2v) is 21.2.